The number of rotatable bonds is 9. The summed E-state index contributed by atoms with van der Waals surface area (Å²) in [5.41, 5.74) is 0. The second kappa shape index (κ2) is 9.00. The Balaban J connectivity index is 2.19. The van der Waals surface area contributed by atoms with E-state index in [1.165, 1.54) is 51.5 Å². The predicted molar refractivity (Wildman–Crippen MR) is 69.7 cm³/mol. The van der Waals surface area contributed by atoms with Gasteiger partial charge >= 0.3 is 0 Å². The van der Waals surface area contributed by atoms with E-state index in [4.69, 9.17) is 4.74 Å². The summed E-state index contributed by atoms with van der Waals surface area (Å²) >= 11 is 0. The van der Waals surface area contributed by atoms with Crippen LogP contribution in [0.15, 0.2) is 0 Å². The van der Waals surface area contributed by atoms with Crippen LogP contribution in [0.1, 0.15) is 51.9 Å². The van der Waals surface area contributed by atoms with Gasteiger partial charge in [-0.25, -0.2) is 0 Å². The third kappa shape index (κ3) is 5.31. The van der Waals surface area contributed by atoms with Crippen molar-refractivity contribution in [3.63, 3.8) is 0 Å². The first kappa shape index (κ1) is 14.0. The molecule has 0 heterocycles. The molecule has 2 nitrogen and oxygen atoms in total. The Bertz CT molecular complexity index is 155. The summed E-state index contributed by atoms with van der Waals surface area (Å²) in [4.78, 5) is 0. The molecule has 1 N–H and O–H groups in total. The molecule has 1 unspecified atom stereocenters. The summed E-state index contributed by atoms with van der Waals surface area (Å²) in [5, 5.41) is 3.55. The first-order valence-corrected chi connectivity index (χ1v) is 7.08. The number of ether oxygens (including phenoxy) is 1. The average Bonchev–Trinajstić information content (AvgIpc) is 2.82. The highest BCUT2D eigenvalue weighted by Crippen LogP contribution is 2.33. The van der Waals surface area contributed by atoms with Gasteiger partial charge in [0, 0.05) is 13.7 Å². The van der Waals surface area contributed by atoms with Gasteiger partial charge in [0.1, 0.15) is 0 Å². The van der Waals surface area contributed by atoms with Gasteiger partial charge in [-0.15, -0.1) is 0 Å². The molecule has 1 saturated carbocycles. The Kier molecular flexibility index (Phi) is 7.87. The van der Waals surface area contributed by atoms with Crippen LogP contribution in [0.2, 0.25) is 0 Å². The van der Waals surface area contributed by atoms with E-state index in [-0.39, 0.29) is 0 Å². The zero-order valence-corrected chi connectivity index (χ0v) is 11.1. The van der Waals surface area contributed by atoms with Crippen molar-refractivity contribution in [1.29, 1.82) is 0 Å². The lowest BCUT2D eigenvalue weighted by Gasteiger charge is -2.23. The molecule has 16 heavy (non-hydrogen) atoms. The van der Waals surface area contributed by atoms with Crippen molar-refractivity contribution in [2.24, 2.45) is 11.8 Å². The van der Waals surface area contributed by atoms with Crippen LogP contribution in [0.4, 0.5) is 0 Å². The van der Waals surface area contributed by atoms with Crippen LogP contribution in [-0.4, -0.2) is 26.8 Å². The van der Waals surface area contributed by atoms with Crippen LogP contribution in [0.5, 0.6) is 0 Å². The summed E-state index contributed by atoms with van der Waals surface area (Å²) < 4.78 is 5.07. The molecule has 0 amide bonds. The van der Waals surface area contributed by atoms with E-state index in [2.05, 4.69) is 12.2 Å². The molecule has 2 heteroatoms. The fourth-order valence-electron chi connectivity index (χ4n) is 2.86. The molecular weight excluding hydrogens is 198 g/mol. The SMILES string of the molecule is CCCCC(CNCCOC)C1CCCC1. The molecule has 1 rings (SSSR count). The molecule has 0 aromatic rings. The lowest BCUT2D eigenvalue weighted by molar-refractivity contribution is 0.194. The third-order valence-electron chi connectivity index (χ3n) is 3.88. The second-order valence-electron chi connectivity index (χ2n) is 5.14. The lowest BCUT2D eigenvalue weighted by atomic mass is 9.86. The van der Waals surface area contributed by atoms with Crippen LogP contribution in [0, 0.1) is 11.8 Å². The summed E-state index contributed by atoms with van der Waals surface area (Å²) in [7, 11) is 1.77. The highest BCUT2D eigenvalue weighted by molar-refractivity contribution is 4.77. The summed E-state index contributed by atoms with van der Waals surface area (Å²) in [6, 6.07) is 0. The number of nitrogens with one attached hydrogen (secondary N) is 1. The van der Waals surface area contributed by atoms with E-state index < -0.39 is 0 Å². The molecule has 0 saturated heterocycles. The highest BCUT2D eigenvalue weighted by atomic mass is 16.5. The topological polar surface area (TPSA) is 21.3 Å². The first-order chi connectivity index (χ1) is 7.88. The summed E-state index contributed by atoms with van der Waals surface area (Å²) in [6.45, 7) is 5.34. The molecule has 0 spiro atoms. The van der Waals surface area contributed by atoms with Crippen LogP contribution < -0.4 is 5.32 Å². The fourth-order valence-corrected chi connectivity index (χ4v) is 2.86. The lowest BCUT2D eigenvalue weighted by Crippen LogP contribution is -2.29. The molecule has 0 aromatic heterocycles. The van der Waals surface area contributed by atoms with E-state index in [1.54, 1.807) is 7.11 Å². The molecule has 96 valence electrons. The normalized spacial score (nSPS) is 19.1. The number of unbranched alkanes of at least 4 members (excludes halogenated alkanes) is 1. The summed E-state index contributed by atoms with van der Waals surface area (Å²) in [6.07, 6.45) is 10.0. The Morgan fingerprint density at radius 3 is 2.69 bits per heavy atom. The van der Waals surface area contributed by atoms with Crippen LogP contribution in [0.3, 0.4) is 0 Å². The van der Waals surface area contributed by atoms with Crippen molar-refractivity contribution in [2.45, 2.75) is 51.9 Å². The van der Waals surface area contributed by atoms with Crippen molar-refractivity contribution in [3.05, 3.63) is 0 Å². The Labute approximate surface area is 101 Å². The number of methoxy groups -OCH3 is 1. The minimum atomic E-state index is 0.838. The van der Waals surface area contributed by atoms with E-state index in [9.17, 15) is 0 Å². The third-order valence-corrected chi connectivity index (χ3v) is 3.88. The Morgan fingerprint density at radius 1 is 1.31 bits per heavy atom. The van der Waals surface area contributed by atoms with Crippen molar-refractivity contribution in [2.75, 3.05) is 26.8 Å². The van der Waals surface area contributed by atoms with Gasteiger partial charge in [0.15, 0.2) is 0 Å². The quantitative estimate of drug-likeness (QED) is 0.611. The van der Waals surface area contributed by atoms with Gasteiger partial charge in [-0.3, -0.25) is 0 Å². The molecule has 1 aliphatic rings. The van der Waals surface area contributed by atoms with Gasteiger partial charge in [0.2, 0.25) is 0 Å². The zero-order valence-electron chi connectivity index (χ0n) is 11.1. The van der Waals surface area contributed by atoms with Crippen LogP contribution in [-0.2, 0) is 4.74 Å². The minimum absolute atomic E-state index is 0.838. The largest absolute Gasteiger partial charge is 0.383 e. The molecular formula is C14H29NO. The first-order valence-electron chi connectivity index (χ1n) is 7.08. The van der Waals surface area contributed by atoms with Gasteiger partial charge in [-0.1, -0.05) is 45.4 Å². The van der Waals surface area contributed by atoms with Gasteiger partial charge in [-0.05, 0) is 24.8 Å². The van der Waals surface area contributed by atoms with E-state index in [1.807, 2.05) is 0 Å². The predicted octanol–water partition coefficient (Wildman–Crippen LogP) is 3.22. The van der Waals surface area contributed by atoms with Gasteiger partial charge in [0.05, 0.1) is 6.61 Å². The van der Waals surface area contributed by atoms with Gasteiger partial charge < -0.3 is 10.1 Å². The van der Waals surface area contributed by atoms with Crippen molar-refractivity contribution in [1.82, 2.24) is 5.32 Å². The maximum atomic E-state index is 5.07. The van der Waals surface area contributed by atoms with Crippen LogP contribution in [0.25, 0.3) is 0 Å². The fraction of sp³-hybridized carbons (Fsp3) is 1.00. The van der Waals surface area contributed by atoms with E-state index >= 15 is 0 Å². The minimum Gasteiger partial charge on any atom is -0.383 e. The highest BCUT2D eigenvalue weighted by Gasteiger charge is 2.23. The van der Waals surface area contributed by atoms with Crippen molar-refractivity contribution >= 4 is 0 Å². The number of hydrogen-bond donors (Lipinski definition) is 1. The molecule has 0 bridgehead atoms. The maximum Gasteiger partial charge on any atom is 0.0587 e. The molecule has 0 radical (unpaired) electrons. The Morgan fingerprint density at radius 2 is 2.06 bits per heavy atom. The molecule has 0 aromatic carbocycles. The van der Waals surface area contributed by atoms with E-state index in [0.29, 0.717) is 0 Å². The average molecular weight is 227 g/mol. The number of hydrogen-bond acceptors (Lipinski definition) is 2. The van der Waals surface area contributed by atoms with Gasteiger partial charge in [0.25, 0.3) is 0 Å². The second-order valence-corrected chi connectivity index (χ2v) is 5.14. The Hall–Kier alpha value is -0.0800. The van der Waals surface area contributed by atoms with E-state index in [0.717, 1.165) is 25.0 Å². The van der Waals surface area contributed by atoms with Crippen molar-refractivity contribution < 1.29 is 4.74 Å². The molecule has 1 aliphatic carbocycles. The monoisotopic (exact) mass is 227 g/mol. The smallest absolute Gasteiger partial charge is 0.0587 e. The molecule has 0 aliphatic heterocycles. The maximum absolute atomic E-state index is 5.07. The zero-order chi connectivity index (χ0) is 11.6. The standard InChI is InChI=1S/C14H29NO/c1-3-4-7-14(12-15-10-11-16-2)13-8-5-6-9-13/h13-15H,3-12H2,1-2H3. The molecule has 1 fully saturated rings. The molecule has 1 atom stereocenters. The summed E-state index contributed by atoms with van der Waals surface area (Å²) in [5.74, 6) is 1.92. The van der Waals surface area contributed by atoms with Crippen LogP contribution >= 0.6 is 0 Å². The van der Waals surface area contributed by atoms with Crippen molar-refractivity contribution in [3.8, 4) is 0 Å². The van der Waals surface area contributed by atoms with Gasteiger partial charge in [-0.2, -0.15) is 0 Å².